The van der Waals surface area contributed by atoms with Crippen LogP contribution in [0.25, 0.3) is 11.2 Å². The average Bonchev–Trinajstić information content (AvgIpc) is 3.37. The molecule has 1 fully saturated rings. The number of nitrogens with zero attached hydrogens (tertiary/aromatic N) is 3. The van der Waals surface area contributed by atoms with Crippen molar-refractivity contribution in [1.82, 2.24) is 24.8 Å². The van der Waals surface area contributed by atoms with Crippen LogP contribution in [-0.2, 0) is 18.3 Å². The summed E-state index contributed by atoms with van der Waals surface area (Å²) in [6, 6.07) is 6.44. The summed E-state index contributed by atoms with van der Waals surface area (Å²) < 4.78 is 14.3. The molecule has 30 heavy (non-hydrogen) atoms. The summed E-state index contributed by atoms with van der Waals surface area (Å²) in [5.41, 5.74) is 0.419. The van der Waals surface area contributed by atoms with Gasteiger partial charge in [-0.1, -0.05) is 0 Å². The summed E-state index contributed by atoms with van der Waals surface area (Å²) in [7, 11) is 1.52. The Kier molecular flexibility index (Phi) is 5.39. The van der Waals surface area contributed by atoms with Gasteiger partial charge < -0.3 is 15.2 Å². The van der Waals surface area contributed by atoms with Crippen molar-refractivity contribution in [3.05, 3.63) is 56.7 Å². The molecule has 1 amide bonds. The molecule has 1 atom stereocenters. The lowest BCUT2D eigenvalue weighted by Gasteiger charge is -2.18. The molecule has 0 aliphatic carbocycles. The molecule has 0 radical (unpaired) electrons. The molecule has 0 spiro atoms. The molecule has 3 aromatic rings. The second-order valence-electron chi connectivity index (χ2n) is 7.58. The minimum atomic E-state index is -0.533. The predicted octanol–water partition coefficient (Wildman–Crippen LogP) is 0.664. The SMILES string of the molecule is Cn1c(=O)[nH]c(=O)c2[nH]c(CCC(=O)NCC3CCN(c4ccc(F)cc4)C3)nc21. The van der Waals surface area contributed by atoms with E-state index < -0.39 is 11.2 Å². The van der Waals surface area contributed by atoms with Crippen LogP contribution in [0.2, 0.25) is 0 Å². The quantitative estimate of drug-likeness (QED) is 0.548. The van der Waals surface area contributed by atoms with Crippen molar-refractivity contribution in [2.24, 2.45) is 13.0 Å². The van der Waals surface area contributed by atoms with Gasteiger partial charge in [-0.2, -0.15) is 0 Å². The molecular weight excluding hydrogens is 391 g/mol. The highest BCUT2D eigenvalue weighted by Crippen LogP contribution is 2.23. The number of fused-ring (bicyclic) bond motifs is 1. The van der Waals surface area contributed by atoms with Crippen LogP contribution in [0.1, 0.15) is 18.7 Å². The lowest BCUT2D eigenvalue weighted by atomic mass is 10.1. The number of hydrogen-bond donors (Lipinski definition) is 3. The van der Waals surface area contributed by atoms with Crippen LogP contribution in [0.3, 0.4) is 0 Å². The van der Waals surface area contributed by atoms with Crippen LogP contribution in [0.4, 0.5) is 10.1 Å². The van der Waals surface area contributed by atoms with Gasteiger partial charge in [-0.05, 0) is 36.6 Å². The first-order valence-corrected chi connectivity index (χ1v) is 9.86. The summed E-state index contributed by atoms with van der Waals surface area (Å²) in [4.78, 5) is 47.3. The van der Waals surface area contributed by atoms with Crippen molar-refractivity contribution in [3.8, 4) is 0 Å². The van der Waals surface area contributed by atoms with Gasteiger partial charge in [0.2, 0.25) is 5.91 Å². The Hall–Kier alpha value is -3.43. The monoisotopic (exact) mass is 414 g/mol. The van der Waals surface area contributed by atoms with Gasteiger partial charge in [0.25, 0.3) is 5.56 Å². The second kappa shape index (κ2) is 8.13. The molecule has 4 rings (SSSR count). The zero-order chi connectivity index (χ0) is 21.3. The van der Waals surface area contributed by atoms with Gasteiger partial charge in [0, 0.05) is 45.2 Å². The first-order valence-electron chi connectivity index (χ1n) is 9.86. The standard InChI is InChI=1S/C20H23FN6O3/c1-26-18-17(19(29)25-20(26)30)23-15(24-18)6-7-16(28)22-10-12-8-9-27(11-12)14-4-2-13(21)3-5-14/h2-5,12H,6-11H2,1H3,(H,22,28)(H,23,24)(H,25,29,30). The third-order valence-electron chi connectivity index (χ3n) is 5.46. The zero-order valence-corrected chi connectivity index (χ0v) is 16.6. The first kappa shape index (κ1) is 19.9. The second-order valence-corrected chi connectivity index (χ2v) is 7.58. The Balaban J connectivity index is 1.28. The molecule has 0 saturated carbocycles. The fraction of sp³-hybridized carbons (Fsp3) is 0.400. The Morgan fingerprint density at radius 1 is 1.27 bits per heavy atom. The first-order chi connectivity index (χ1) is 14.4. The van der Waals surface area contributed by atoms with E-state index in [4.69, 9.17) is 0 Å². The smallest absolute Gasteiger partial charge is 0.329 e. The Bertz CT molecular complexity index is 1180. The molecule has 1 aromatic carbocycles. The topological polar surface area (TPSA) is 116 Å². The number of amides is 1. The molecule has 158 valence electrons. The maximum atomic E-state index is 13.1. The number of imidazole rings is 1. The number of rotatable bonds is 6. The molecule has 3 N–H and O–H groups in total. The highest BCUT2D eigenvalue weighted by molar-refractivity contribution is 5.76. The van der Waals surface area contributed by atoms with Crippen molar-refractivity contribution in [3.63, 3.8) is 0 Å². The van der Waals surface area contributed by atoms with Crippen LogP contribution in [0, 0.1) is 11.7 Å². The number of H-pyrrole nitrogens is 2. The molecule has 1 unspecified atom stereocenters. The number of aromatic amines is 2. The number of anilines is 1. The third kappa shape index (κ3) is 4.12. The fourth-order valence-corrected chi connectivity index (χ4v) is 3.74. The number of aromatic nitrogens is 4. The molecule has 1 saturated heterocycles. The largest absolute Gasteiger partial charge is 0.371 e. The normalized spacial score (nSPS) is 16.3. The molecular formula is C20H23FN6O3. The van der Waals surface area contributed by atoms with E-state index in [1.165, 1.54) is 23.7 Å². The van der Waals surface area contributed by atoms with Crippen LogP contribution in [-0.4, -0.2) is 45.1 Å². The van der Waals surface area contributed by atoms with E-state index in [1.54, 1.807) is 12.1 Å². The van der Waals surface area contributed by atoms with Crippen LogP contribution in [0.5, 0.6) is 0 Å². The van der Waals surface area contributed by atoms with Crippen molar-refractivity contribution in [2.45, 2.75) is 19.3 Å². The zero-order valence-electron chi connectivity index (χ0n) is 16.6. The highest BCUT2D eigenvalue weighted by Gasteiger charge is 2.23. The van der Waals surface area contributed by atoms with Crippen molar-refractivity contribution < 1.29 is 9.18 Å². The summed E-state index contributed by atoms with van der Waals surface area (Å²) in [5.74, 6) is 0.463. The summed E-state index contributed by atoms with van der Waals surface area (Å²) in [6.45, 7) is 2.26. The Morgan fingerprint density at radius 2 is 2.03 bits per heavy atom. The van der Waals surface area contributed by atoms with E-state index in [0.29, 0.717) is 24.7 Å². The number of carbonyl (C=O) groups excluding carboxylic acids is 1. The van der Waals surface area contributed by atoms with Crippen molar-refractivity contribution in [2.75, 3.05) is 24.5 Å². The highest BCUT2D eigenvalue weighted by atomic mass is 19.1. The van der Waals surface area contributed by atoms with E-state index >= 15 is 0 Å². The predicted molar refractivity (Wildman–Crippen MR) is 110 cm³/mol. The summed E-state index contributed by atoms with van der Waals surface area (Å²) in [5, 5.41) is 2.95. The minimum Gasteiger partial charge on any atom is -0.371 e. The minimum absolute atomic E-state index is 0.0986. The molecule has 0 bridgehead atoms. The maximum absolute atomic E-state index is 13.1. The van der Waals surface area contributed by atoms with E-state index in [1.807, 2.05) is 0 Å². The van der Waals surface area contributed by atoms with Crippen LogP contribution < -0.4 is 21.5 Å². The number of halogens is 1. The van der Waals surface area contributed by atoms with E-state index in [0.717, 1.165) is 25.2 Å². The van der Waals surface area contributed by atoms with Gasteiger partial charge in [-0.25, -0.2) is 14.2 Å². The molecule has 2 aromatic heterocycles. The number of carbonyl (C=O) groups is 1. The lowest BCUT2D eigenvalue weighted by Crippen LogP contribution is -2.31. The van der Waals surface area contributed by atoms with E-state index in [9.17, 15) is 18.8 Å². The molecule has 1 aliphatic heterocycles. The van der Waals surface area contributed by atoms with Crippen LogP contribution >= 0.6 is 0 Å². The van der Waals surface area contributed by atoms with Crippen molar-refractivity contribution in [1.29, 1.82) is 0 Å². The number of nitrogens with one attached hydrogen (secondary N) is 3. The summed E-state index contributed by atoms with van der Waals surface area (Å²) >= 11 is 0. The van der Waals surface area contributed by atoms with Gasteiger partial charge >= 0.3 is 5.69 Å². The number of aryl methyl sites for hydroxylation is 2. The molecule has 1 aliphatic rings. The van der Waals surface area contributed by atoms with Gasteiger partial charge in [-0.3, -0.25) is 19.1 Å². The lowest BCUT2D eigenvalue weighted by molar-refractivity contribution is -0.121. The maximum Gasteiger partial charge on any atom is 0.329 e. The number of hydrogen-bond acceptors (Lipinski definition) is 5. The van der Waals surface area contributed by atoms with Gasteiger partial charge in [0.1, 0.15) is 17.2 Å². The molecule has 9 nitrogen and oxygen atoms in total. The van der Waals surface area contributed by atoms with Gasteiger partial charge in [-0.15, -0.1) is 0 Å². The Morgan fingerprint density at radius 3 is 2.80 bits per heavy atom. The van der Waals surface area contributed by atoms with E-state index in [-0.39, 0.29) is 29.3 Å². The van der Waals surface area contributed by atoms with Gasteiger partial charge in [0.05, 0.1) is 0 Å². The number of benzene rings is 1. The van der Waals surface area contributed by atoms with Gasteiger partial charge in [0.15, 0.2) is 5.65 Å². The van der Waals surface area contributed by atoms with Crippen molar-refractivity contribution >= 4 is 22.8 Å². The molecule has 3 heterocycles. The summed E-state index contributed by atoms with van der Waals surface area (Å²) in [6.07, 6.45) is 1.51. The third-order valence-corrected chi connectivity index (χ3v) is 5.46. The molecule has 10 heteroatoms. The Labute approximate surface area is 170 Å². The van der Waals surface area contributed by atoms with Crippen LogP contribution in [0.15, 0.2) is 33.9 Å². The van der Waals surface area contributed by atoms with E-state index in [2.05, 4.69) is 25.2 Å². The fourth-order valence-electron chi connectivity index (χ4n) is 3.74. The average molecular weight is 414 g/mol.